The molecule has 1 saturated heterocycles. The fourth-order valence-corrected chi connectivity index (χ4v) is 2.34. The van der Waals surface area contributed by atoms with Crippen LogP contribution in [0.4, 0.5) is 5.69 Å². The lowest BCUT2D eigenvalue weighted by Crippen LogP contribution is -2.38. The van der Waals surface area contributed by atoms with Gasteiger partial charge in [0, 0.05) is 45.2 Å². The maximum Gasteiger partial charge on any atom is 0.0874 e. The van der Waals surface area contributed by atoms with E-state index in [-0.39, 0.29) is 0 Å². The highest BCUT2D eigenvalue weighted by Crippen LogP contribution is 2.19. The molecule has 0 amide bonds. The van der Waals surface area contributed by atoms with Gasteiger partial charge in [0.15, 0.2) is 0 Å². The molecule has 1 heterocycles. The predicted molar refractivity (Wildman–Crippen MR) is 82.1 cm³/mol. The highest BCUT2D eigenvalue weighted by Gasteiger charge is 2.24. The fourth-order valence-electron chi connectivity index (χ4n) is 2.34. The number of benzene rings is 1. The summed E-state index contributed by atoms with van der Waals surface area (Å²) in [5, 5.41) is 17.2. The summed E-state index contributed by atoms with van der Waals surface area (Å²) >= 11 is 0. The highest BCUT2D eigenvalue weighted by atomic mass is 15.5. The lowest BCUT2D eigenvalue weighted by Gasteiger charge is -2.31. The van der Waals surface area contributed by atoms with E-state index in [2.05, 4.69) is 27.4 Å². The summed E-state index contributed by atoms with van der Waals surface area (Å²) in [5.74, 6) is 0.473. The van der Waals surface area contributed by atoms with E-state index in [4.69, 9.17) is 0 Å². The van der Waals surface area contributed by atoms with E-state index in [1.807, 2.05) is 49.4 Å². The summed E-state index contributed by atoms with van der Waals surface area (Å²) in [7, 11) is 3.95. The van der Waals surface area contributed by atoms with Gasteiger partial charge in [-0.3, -0.25) is 5.01 Å². The summed E-state index contributed by atoms with van der Waals surface area (Å²) in [5.41, 5.74) is 2.18. The van der Waals surface area contributed by atoms with Crippen LogP contribution < -0.4 is 0 Å². The zero-order chi connectivity index (χ0) is 14.4. The van der Waals surface area contributed by atoms with Gasteiger partial charge in [0.2, 0.25) is 0 Å². The second kappa shape index (κ2) is 7.03. The first kappa shape index (κ1) is 14.5. The Labute approximate surface area is 121 Å². The molecule has 0 aliphatic carbocycles. The van der Waals surface area contributed by atoms with Crippen LogP contribution in [-0.2, 0) is 0 Å². The van der Waals surface area contributed by atoms with E-state index >= 15 is 0 Å². The van der Waals surface area contributed by atoms with E-state index in [9.17, 15) is 0 Å². The molecule has 1 fully saturated rings. The Morgan fingerprint density at radius 2 is 2.00 bits per heavy atom. The quantitative estimate of drug-likeness (QED) is 0.624. The van der Waals surface area contributed by atoms with Gasteiger partial charge < -0.3 is 5.01 Å². The van der Waals surface area contributed by atoms with Gasteiger partial charge in [-0.05, 0) is 18.6 Å². The van der Waals surface area contributed by atoms with E-state index < -0.39 is 0 Å². The maximum absolute atomic E-state index is 4.59. The number of hydrogen-bond donors (Lipinski definition) is 0. The lowest BCUT2D eigenvalue weighted by atomic mass is 9.94. The Kier molecular flexibility index (Phi) is 5.09. The number of hydrogen-bond acceptors (Lipinski definition) is 4. The first-order valence-corrected chi connectivity index (χ1v) is 7.15. The maximum atomic E-state index is 4.59. The Morgan fingerprint density at radius 3 is 2.65 bits per heavy atom. The van der Waals surface area contributed by atoms with Gasteiger partial charge >= 0.3 is 0 Å². The molecule has 2 rings (SSSR count). The van der Waals surface area contributed by atoms with Crippen LogP contribution in [0.3, 0.4) is 0 Å². The molecule has 0 radical (unpaired) electrons. The van der Waals surface area contributed by atoms with Crippen LogP contribution >= 0.6 is 0 Å². The smallest absolute Gasteiger partial charge is 0.0874 e. The minimum atomic E-state index is 0.473. The van der Waals surface area contributed by atoms with Crippen molar-refractivity contribution in [3.8, 4) is 0 Å². The molecule has 1 atom stereocenters. The molecular formula is C15H23N5. The second-order valence-corrected chi connectivity index (χ2v) is 5.23. The SMILES string of the molecule is CCC1CN(N=Nc2ccccc2)CC/C1=N/N(C)C. The molecule has 0 bridgehead atoms. The molecule has 1 aromatic carbocycles. The monoisotopic (exact) mass is 273 g/mol. The Bertz CT molecular complexity index is 466. The second-order valence-electron chi connectivity index (χ2n) is 5.23. The van der Waals surface area contributed by atoms with Crippen molar-refractivity contribution >= 4 is 11.4 Å². The molecule has 0 aromatic heterocycles. The molecule has 0 saturated carbocycles. The van der Waals surface area contributed by atoms with Gasteiger partial charge in [-0.2, -0.15) is 5.10 Å². The van der Waals surface area contributed by atoms with E-state index in [1.54, 1.807) is 0 Å². The molecule has 1 aromatic rings. The molecule has 20 heavy (non-hydrogen) atoms. The molecular weight excluding hydrogens is 250 g/mol. The number of rotatable bonds is 4. The Morgan fingerprint density at radius 1 is 1.25 bits per heavy atom. The van der Waals surface area contributed by atoms with Crippen LogP contribution in [0.5, 0.6) is 0 Å². The third kappa shape index (κ3) is 4.05. The molecule has 5 heteroatoms. The molecule has 1 aliphatic heterocycles. The van der Waals surface area contributed by atoms with Crippen molar-refractivity contribution in [3.63, 3.8) is 0 Å². The van der Waals surface area contributed by atoms with Gasteiger partial charge in [-0.1, -0.05) is 30.3 Å². The van der Waals surface area contributed by atoms with Crippen molar-refractivity contribution in [2.45, 2.75) is 19.8 Å². The number of piperidine rings is 1. The zero-order valence-electron chi connectivity index (χ0n) is 12.5. The fraction of sp³-hybridized carbons (Fsp3) is 0.533. The van der Waals surface area contributed by atoms with Crippen molar-refractivity contribution in [3.05, 3.63) is 30.3 Å². The van der Waals surface area contributed by atoms with Crippen molar-refractivity contribution in [2.24, 2.45) is 21.4 Å². The van der Waals surface area contributed by atoms with Gasteiger partial charge in [-0.25, -0.2) is 0 Å². The largest absolute Gasteiger partial charge is 0.303 e. The molecule has 0 spiro atoms. The first-order valence-electron chi connectivity index (χ1n) is 7.15. The van der Waals surface area contributed by atoms with Crippen LogP contribution in [0.15, 0.2) is 45.8 Å². The van der Waals surface area contributed by atoms with Gasteiger partial charge in [0.1, 0.15) is 0 Å². The van der Waals surface area contributed by atoms with Crippen LogP contribution in [0, 0.1) is 5.92 Å². The van der Waals surface area contributed by atoms with Gasteiger partial charge in [-0.15, -0.1) is 5.11 Å². The number of hydrazone groups is 1. The summed E-state index contributed by atoms with van der Waals surface area (Å²) in [6.45, 7) is 3.99. The summed E-state index contributed by atoms with van der Waals surface area (Å²) < 4.78 is 0. The normalized spacial score (nSPS) is 21.6. The average molecular weight is 273 g/mol. The summed E-state index contributed by atoms with van der Waals surface area (Å²) in [6, 6.07) is 9.85. The first-order chi connectivity index (χ1) is 9.69. The van der Waals surface area contributed by atoms with E-state index in [1.165, 1.54) is 5.71 Å². The Balaban J connectivity index is 1.98. The van der Waals surface area contributed by atoms with Crippen LogP contribution in [0.25, 0.3) is 0 Å². The zero-order valence-corrected chi connectivity index (χ0v) is 12.5. The molecule has 1 aliphatic rings. The topological polar surface area (TPSA) is 43.6 Å². The minimum Gasteiger partial charge on any atom is -0.303 e. The minimum absolute atomic E-state index is 0.473. The standard InChI is InChI=1S/C15H23N5/c1-4-13-12-20(11-10-15(13)17-19(2)3)18-16-14-8-6-5-7-9-14/h5-9,13H,4,10-12H2,1-3H3/b17-15-,18-16?. The van der Waals surface area contributed by atoms with E-state index in [0.29, 0.717) is 5.92 Å². The van der Waals surface area contributed by atoms with Crippen molar-refractivity contribution in [1.82, 2.24) is 10.0 Å². The lowest BCUT2D eigenvalue weighted by molar-refractivity contribution is 0.230. The van der Waals surface area contributed by atoms with Gasteiger partial charge in [0.25, 0.3) is 0 Å². The molecule has 108 valence electrons. The predicted octanol–water partition coefficient (Wildman–Crippen LogP) is 3.33. The third-order valence-corrected chi connectivity index (χ3v) is 3.39. The summed E-state index contributed by atoms with van der Waals surface area (Å²) in [4.78, 5) is 0. The average Bonchev–Trinajstić information content (AvgIpc) is 2.46. The molecule has 5 nitrogen and oxygen atoms in total. The van der Waals surface area contributed by atoms with Crippen molar-refractivity contribution in [2.75, 3.05) is 27.2 Å². The van der Waals surface area contributed by atoms with Crippen LogP contribution in [0.1, 0.15) is 19.8 Å². The number of nitrogens with zero attached hydrogens (tertiary/aromatic N) is 5. The van der Waals surface area contributed by atoms with Crippen LogP contribution in [0.2, 0.25) is 0 Å². The van der Waals surface area contributed by atoms with Crippen LogP contribution in [-0.4, -0.2) is 42.9 Å². The molecule has 1 unspecified atom stereocenters. The van der Waals surface area contributed by atoms with Gasteiger partial charge in [0.05, 0.1) is 5.69 Å². The molecule has 0 N–H and O–H groups in total. The summed E-state index contributed by atoms with van der Waals surface area (Å²) in [6.07, 6.45) is 2.05. The van der Waals surface area contributed by atoms with Crippen molar-refractivity contribution in [1.29, 1.82) is 0 Å². The van der Waals surface area contributed by atoms with E-state index in [0.717, 1.165) is 31.6 Å². The third-order valence-electron chi connectivity index (χ3n) is 3.39. The highest BCUT2D eigenvalue weighted by molar-refractivity contribution is 5.87. The van der Waals surface area contributed by atoms with Crippen molar-refractivity contribution < 1.29 is 0 Å². The Hall–Kier alpha value is -1.91.